The second-order valence-corrected chi connectivity index (χ2v) is 11.0. The van der Waals surface area contributed by atoms with Crippen molar-refractivity contribution in [3.63, 3.8) is 0 Å². The van der Waals surface area contributed by atoms with Crippen molar-refractivity contribution in [2.45, 2.75) is 43.4 Å². The second-order valence-electron chi connectivity index (χ2n) is 11.0. The maximum absolute atomic E-state index is 13.7. The fourth-order valence-electron chi connectivity index (χ4n) is 6.41. The lowest BCUT2D eigenvalue weighted by Gasteiger charge is -2.34. The Morgan fingerprint density at radius 1 is 1.05 bits per heavy atom. The number of piperidine rings is 1. The minimum Gasteiger partial charge on any atom is -0.342 e. The average Bonchev–Trinajstić information content (AvgIpc) is 3.64. The summed E-state index contributed by atoms with van der Waals surface area (Å²) in [5.41, 5.74) is 12.8. The molecule has 202 valence electrons. The number of hydrazine groups is 1. The summed E-state index contributed by atoms with van der Waals surface area (Å²) >= 11 is 0. The maximum Gasteiger partial charge on any atom is 0.261 e. The van der Waals surface area contributed by atoms with Gasteiger partial charge in [0.05, 0.1) is 12.6 Å². The molecule has 39 heavy (non-hydrogen) atoms. The van der Waals surface area contributed by atoms with Gasteiger partial charge in [-0.3, -0.25) is 15.3 Å². The Labute approximate surface area is 224 Å². The molecule has 0 aliphatic carbocycles. The molecule has 0 bridgehead atoms. The number of halogens is 3. The zero-order valence-electron chi connectivity index (χ0n) is 21.3. The zero-order chi connectivity index (χ0) is 26.6. The van der Waals surface area contributed by atoms with Crippen LogP contribution in [0.4, 0.5) is 13.2 Å². The summed E-state index contributed by atoms with van der Waals surface area (Å²) in [5.74, 6) is -2.55. The molecule has 1 aromatic carbocycles. The predicted molar refractivity (Wildman–Crippen MR) is 142 cm³/mol. The standard InChI is InChI=1S/C29H30F3N7/c30-20-3-1-18(2-4-20)21-5-7-34-28-22(21)10-25(36-28)27-23-11-24(35-14-26(23)37-38-27)19-9-17(12-33-13-19)15-39-8-6-29(31,32)16-39/h1-5,7,9-10,12-13,23-24,26-27,35,37-38H,6,8,11,14-16H2,(H,34,36). The molecule has 0 saturated carbocycles. The van der Waals surface area contributed by atoms with Crippen LogP contribution in [0.3, 0.4) is 0 Å². The Morgan fingerprint density at radius 3 is 2.74 bits per heavy atom. The summed E-state index contributed by atoms with van der Waals surface area (Å²) in [6.45, 7) is 1.49. The van der Waals surface area contributed by atoms with Crippen molar-refractivity contribution in [1.29, 1.82) is 0 Å². The van der Waals surface area contributed by atoms with Crippen LogP contribution in [0, 0.1) is 11.7 Å². The van der Waals surface area contributed by atoms with E-state index in [2.05, 4.69) is 43.3 Å². The van der Waals surface area contributed by atoms with Gasteiger partial charge in [-0.15, -0.1) is 0 Å². The van der Waals surface area contributed by atoms with Crippen LogP contribution in [0.2, 0.25) is 0 Å². The number of aromatic nitrogens is 3. The van der Waals surface area contributed by atoms with Crippen LogP contribution >= 0.6 is 0 Å². The molecular weight excluding hydrogens is 503 g/mol. The molecule has 3 fully saturated rings. The van der Waals surface area contributed by atoms with Crippen LogP contribution in [0.15, 0.2) is 61.1 Å². The number of hydrogen-bond donors (Lipinski definition) is 4. The Hall–Kier alpha value is -3.31. The van der Waals surface area contributed by atoms with Gasteiger partial charge in [0.1, 0.15) is 11.5 Å². The maximum atomic E-state index is 13.7. The Kier molecular flexibility index (Phi) is 6.15. The minimum atomic E-state index is -2.60. The number of likely N-dealkylation sites (tertiary alicyclic amines) is 1. The van der Waals surface area contributed by atoms with Gasteiger partial charge >= 0.3 is 0 Å². The molecule has 0 radical (unpaired) electrons. The second kappa shape index (κ2) is 9.71. The van der Waals surface area contributed by atoms with Gasteiger partial charge in [0.25, 0.3) is 5.92 Å². The zero-order valence-corrected chi connectivity index (χ0v) is 21.3. The van der Waals surface area contributed by atoms with Crippen LogP contribution in [-0.2, 0) is 6.54 Å². The summed E-state index contributed by atoms with van der Waals surface area (Å²) < 4.78 is 40.8. The fraction of sp³-hybridized carbons (Fsp3) is 0.379. The van der Waals surface area contributed by atoms with Gasteiger partial charge in [0.2, 0.25) is 0 Å². The number of alkyl halides is 2. The van der Waals surface area contributed by atoms with E-state index in [1.807, 2.05) is 12.3 Å². The number of pyridine rings is 2. The molecule has 7 nitrogen and oxygen atoms in total. The lowest BCUT2D eigenvalue weighted by molar-refractivity contribution is 0.0115. The van der Waals surface area contributed by atoms with E-state index < -0.39 is 5.92 Å². The monoisotopic (exact) mass is 533 g/mol. The molecule has 7 rings (SSSR count). The van der Waals surface area contributed by atoms with Gasteiger partial charge < -0.3 is 10.3 Å². The van der Waals surface area contributed by atoms with E-state index in [0.29, 0.717) is 19.0 Å². The highest BCUT2D eigenvalue weighted by Crippen LogP contribution is 2.40. The van der Waals surface area contributed by atoms with Gasteiger partial charge in [-0.2, -0.15) is 0 Å². The minimum absolute atomic E-state index is 0.0536. The van der Waals surface area contributed by atoms with E-state index in [0.717, 1.165) is 51.9 Å². The summed E-state index contributed by atoms with van der Waals surface area (Å²) in [7, 11) is 0. The Morgan fingerprint density at radius 2 is 1.92 bits per heavy atom. The van der Waals surface area contributed by atoms with Gasteiger partial charge in [-0.1, -0.05) is 12.1 Å². The summed E-state index contributed by atoms with van der Waals surface area (Å²) in [5, 5.41) is 4.64. The molecule has 0 amide bonds. The predicted octanol–water partition coefficient (Wildman–Crippen LogP) is 4.47. The highest BCUT2D eigenvalue weighted by atomic mass is 19.3. The van der Waals surface area contributed by atoms with E-state index in [-0.39, 0.29) is 36.9 Å². The number of H-pyrrole nitrogens is 1. The molecule has 3 aliphatic rings. The lowest BCUT2D eigenvalue weighted by atomic mass is 9.81. The first kappa shape index (κ1) is 24.7. The van der Waals surface area contributed by atoms with Crippen molar-refractivity contribution in [2.75, 3.05) is 19.6 Å². The Balaban J connectivity index is 1.11. The van der Waals surface area contributed by atoms with Crippen molar-refractivity contribution in [3.8, 4) is 11.1 Å². The first-order chi connectivity index (χ1) is 18.9. The molecule has 3 saturated heterocycles. The third-order valence-electron chi connectivity index (χ3n) is 8.38. The van der Waals surface area contributed by atoms with Gasteiger partial charge in [-0.05, 0) is 59.0 Å². The van der Waals surface area contributed by atoms with Crippen molar-refractivity contribution < 1.29 is 13.2 Å². The first-order valence-electron chi connectivity index (χ1n) is 13.4. The van der Waals surface area contributed by atoms with Crippen LogP contribution in [-0.4, -0.2) is 51.5 Å². The number of rotatable bonds is 5. The molecule has 4 N–H and O–H groups in total. The number of hydrogen-bond acceptors (Lipinski definition) is 6. The molecule has 3 aliphatic heterocycles. The summed E-state index contributed by atoms with van der Waals surface area (Å²) in [6.07, 6.45) is 6.24. The molecular formula is C29H30F3N7. The molecule has 4 aromatic rings. The first-order valence-corrected chi connectivity index (χ1v) is 13.4. The average molecular weight is 534 g/mol. The molecule has 4 unspecified atom stereocenters. The van der Waals surface area contributed by atoms with Crippen LogP contribution in [0.5, 0.6) is 0 Å². The molecule has 4 atom stereocenters. The van der Waals surface area contributed by atoms with Crippen molar-refractivity contribution in [1.82, 2.24) is 36.0 Å². The topological polar surface area (TPSA) is 80.9 Å². The highest BCUT2D eigenvalue weighted by molar-refractivity contribution is 5.93. The number of benzene rings is 1. The normalized spacial score (nSPS) is 26.7. The van der Waals surface area contributed by atoms with Crippen LogP contribution < -0.4 is 16.2 Å². The van der Waals surface area contributed by atoms with Gasteiger partial charge in [0, 0.05) is 73.7 Å². The third-order valence-corrected chi connectivity index (χ3v) is 8.38. The van der Waals surface area contributed by atoms with E-state index in [1.165, 1.54) is 12.1 Å². The van der Waals surface area contributed by atoms with Crippen LogP contribution in [0.25, 0.3) is 22.2 Å². The molecule has 3 aromatic heterocycles. The van der Waals surface area contributed by atoms with E-state index >= 15 is 0 Å². The van der Waals surface area contributed by atoms with E-state index in [1.54, 1.807) is 29.4 Å². The van der Waals surface area contributed by atoms with Crippen molar-refractivity contribution >= 4 is 11.0 Å². The van der Waals surface area contributed by atoms with E-state index in [9.17, 15) is 13.2 Å². The van der Waals surface area contributed by atoms with Crippen molar-refractivity contribution in [3.05, 3.63) is 83.7 Å². The number of nitrogens with one attached hydrogen (secondary N) is 4. The highest BCUT2D eigenvalue weighted by Gasteiger charge is 2.42. The fourth-order valence-corrected chi connectivity index (χ4v) is 6.41. The van der Waals surface area contributed by atoms with Crippen LogP contribution in [0.1, 0.15) is 41.7 Å². The largest absolute Gasteiger partial charge is 0.342 e. The quantitative estimate of drug-likeness (QED) is 0.303. The number of aromatic amines is 1. The van der Waals surface area contributed by atoms with Crippen molar-refractivity contribution in [2.24, 2.45) is 5.92 Å². The third kappa shape index (κ3) is 4.82. The number of fused-ring (bicyclic) bond motifs is 2. The summed E-state index contributed by atoms with van der Waals surface area (Å²) in [4.78, 5) is 14.3. The number of nitrogens with zero attached hydrogens (tertiary/aromatic N) is 3. The molecule has 6 heterocycles. The smallest absolute Gasteiger partial charge is 0.261 e. The van der Waals surface area contributed by atoms with Gasteiger partial charge in [-0.25, -0.2) is 23.6 Å². The lowest BCUT2D eigenvalue weighted by Crippen LogP contribution is -2.46. The van der Waals surface area contributed by atoms with Gasteiger partial charge in [0.15, 0.2) is 0 Å². The SMILES string of the molecule is Fc1ccc(-c2ccnc3[nH]c(C4NNC5CNC(c6cncc(CN7CCC(F)(F)C7)c6)CC54)cc23)cc1. The summed E-state index contributed by atoms with van der Waals surface area (Å²) in [6, 6.07) is 13.2. The van der Waals surface area contributed by atoms with E-state index in [4.69, 9.17) is 0 Å². The molecule has 0 spiro atoms. The Bertz CT molecular complexity index is 1490. The molecule has 10 heteroatoms.